The normalized spacial score (nSPS) is 10.5. The second-order valence-corrected chi connectivity index (χ2v) is 2.64. The number of nitrogens with zero attached hydrogens (tertiary/aromatic N) is 1. The average Bonchev–Trinajstić information content (AvgIpc) is 2.71. The summed E-state index contributed by atoms with van der Waals surface area (Å²) < 4.78 is 10.4. The third-order valence-corrected chi connectivity index (χ3v) is 1.73. The minimum Gasteiger partial charge on any atom is -0.461 e. The fourth-order valence-electron chi connectivity index (χ4n) is 1.17. The van der Waals surface area contributed by atoms with Gasteiger partial charge in [0.25, 0.3) is 0 Å². The molecular weight excluding hydrogens is 168 g/mol. The summed E-state index contributed by atoms with van der Waals surface area (Å²) in [5.41, 5.74) is 0.859. The molecule has 0 amide bonds. The minimum absolute atomic E-state index is 0.673. The smallest absolute Gasteiger partial charge is 0.194 e. The maximum Gasteiger partial charge on any atom is 0.194 e. The van der Waals surface area contributed by atoms with Crippen LogP contribution in [0.4, 0.5) is 0 Å². The molecule has 2 rings (SSSR count). The van der Waals surface area contributed by atoms with E-state index in [1.54, 1.807) is 6.26 Å². The molecule has 0 radical (unpaired) electrons. The Morgan fingerprint density at radius 1 is 1.46 bits per heavy atom. The molecule has 4 nitrogen and oxygen atoms in total. The Labute approximate surface area is 75.6 Å². The zero-order valence-electron chi connectivity index (χ0n) is 7.28. The van der Waals surface area contributed by atoms with Gasteiger partial charge in [0.2, 0.25) is 0 Å². The van der Waals surface area contributed by atoms with Gasteiger partial charge in [-0.1, -0.05) is 0 Å². The van der Waals surface area contributed by atoms with Crippen molar-refractivity contribution >= 4 is 0 Å². The summed E-state index contributed by atoms with van der Waals surface area (Å²) in [4.78, 5) is 4.07. The Morgan fingerprint density at radius 3 is 3.08 bits per heavy atom. The van der Waals surface area contributed by atoms with Gasteiger partial charge in [-0.3, -0.25) is 0 Å². The van der Waals surface area contributed by atoms with Crippen molar-refractivity contribution in [2.45, 2.75) is 6.54 Å². The highest BCUT2D eigenvalue weighted by Crippen LogP contribution is 2.22. The molecule has 0 spiro atoms. The standard InChI is InChI=1S/C9H10N2O2/c1-10-5-7-9(13-6-11-7)8-3-2-4-12-8/h2-4,6,10H,5H2,1H3. The summed E-state index contributed by atoms with van der Waals surface area (Å²) in [5, 5.41) is 3.01. The van der Waals surface area contributed by atoms with E-state index in [9.17, 15) is 0 Å². The van der Waals surface area contributed by atoms with E-state index in [2.05, 4.69) is 10.3 Å². The van der Waals surface area contributed by atoms with Crippen LogP contribution in [0.1, 0.15) is 5.69 Å². The van der Waals surface area contributed by atoms with Gasteiger partial charge < -0.3 is 14.2 Å². The molecule has 0 fully saturated rings. The van der Waals surface area contributed by atoms with Gasteiger partial charge in [-0.25, -0.2) is 4.98 Å². The minimum atomic E-state index is 0.673. The highest BCUT2D eigenvalue weighted by molar-refractivity contribution is 5.52. The lowest BCUT2D eigenvalue weighted by Gasteiger charge is -1.95. The predicted molar refractivity (Wildman–Crippen MR) is 47.0 cm³/mol. The summed E-state index contributed by atoms with van der Waals surface area (Å²) in [6.07, 6.45) is 3.03. The Bertz CT molecular complexity index is 365. The fourth-order valence-corrected chi connectivity index (χ4v) is 1.17. The van der Waals surface area contributed by atoms with Crippen molar-refractivity contribution in [1.82, 2.24) is 10.3 Å². The van der Waals surface area contributed by atoms with Crippen LogP contribution in [0.2, 0.25) is 0 Å². The lowest BCUT2D eigenvalue weighted by Crippen LogP contribution is -2.06. The molecule has 2 aromatic rings. The molecule has 0 aliphatic carbocycles. The Kier molecular flexibility index (Phi) is 2.14. The van der Waals surface area contributed by atoms with Crippen LogP contribution in [0.3, 0.4) is 0 Å². The molecule has 2 heterocycles. The van der Waals surface area contributed by atoms with E-state index in [0.717, 1.165) is 5.69 Å². The monoisotopic (exact) mass is 178 g/mol. The molecule has 0 unspecified atom stereocenters. The topological polar surface area (TPSA) is 51.2 Å². The van der Waals surface area contributed by atoms with Gasteiger partial charge in [0, 0.05) is 6.54 Å². The van der Waals surface area contributed by atoms with Gasteiger partial charge >= 0.3 is 0 Å². The van der Waals surface area contributed by atoms with Crippen LogP contribution in [0.5, 0.6) is 0 Å². The number of oxazole rings is 1. The molecule has 0 aromatic carbocycles. The van der Waals surface area contributed by atoms with E-state index in [4.69, 9.17) is 8.83 Å². The van der Waals surface area contributed by atoms with Gasteiger partial charge in [-0.05, 0) is 19.2 Å². The van der Waals surface area contributed by atoms with E-state index in [1.165, 1.54) is 6.39 Å². The Balaban J connectivity index is 2.35. The van der Waals surface area contributed by atoms with E-state index >= 15 is 0 Å². The maximum absolute atomic E-state index is 5.22. The second kappa shape index (κ2) is 3.45. The van der Waals surface area contributed by atoms with Crippen LogP contribution < -0.4 is 5.32 Å². The number of nitrogens with one attached hydrogen (secondary N) is 1. The van der Waals surface area contributed by atoms with Crippen LogP contribution in [0.15, 0.2) is 33.6 Å². The van der Waals surface area contributed by atoms with Gasteiger partial charge in [0.15, 0.2) is 17.9 Å². The van der Waals surface area contributed by atoms with Crippen molar-refractivity contribution in [2.24, 2.45) is 0 Å². The Morgan fingerprint density at radius 2 is 2.38 bits per heavy atom. The van der Waals surface area contributed by atoms with Gasteiger partial charge in [-0.15, -0.1) is 0 Å². The van der Waals surface area contributed by atoms with Crippen LogP contribution >= 0.6 is 0 Å². The number of rotatable bonds is 3. The predicted octanol–water partition coefficient (Wildman–Crippen LogP) is 1.65. The van der Waals surface area contributed by atoms with Crippen molar-refractivity contribution < 1.29 is 8.83 Å². The molecule has 68 valence electrons. The van der Waals surface area contributed by atoms with E-state index in [1.807, 2.05) is 19.2 Å². The largest absolute Gasteiger partial charge is 0.461 e. The van der Waals surface area contributed by atoms with Crippen molar-refractivity contribution in [2.75, 3.05) is 7.05 Å². The summed E-state index contributed by atoms with van der Waals surface area (Å²) in [6.45, 7) is 0.673. The van der Waals surface area contributed by atoms with Crippen LogP contribution in [0, 0.1) is 0 Å². The van der Waals surface area contributed by atoms with Gasteiger partial charge in [0.05, 0.1) is 6.26 Å². The summed E-state index contributed by atoms with van der Waals surface area (Å²) in [5.74, 6) is 1.40. The number of hydrogen-bond donors (Lipinski definition) is 1. The first-order chi connectivity index (χ1) is 6.42. The highest BCUT2D eigenvalue weighted by atomic mass is 16.4. The number of furan rings is 1. The van der Waals surface area contributed by atoms with Crippen LogP contribution in [0.25, 0.3) is 11.5 Å². The van der Waals surface area contributed by atoms with Crippen molar-refractivity contribution in [3.8, 4) is 11.5 Å². The zero-order chi connectivity index (χ0) is 9.10. The first kappa shape index (κ1) is 8.07. The first-order valence-corrected chi connectivity index (χ1v) is 4.02. The maximum atomic E-state index is 5.22. The number of hydrogen-bond acceptors (Lipinski definition) is 4. The molecule has 13 heavy (non-hydrogen) atoms. The molecule has 0 bridgehead atoms. The average molecular weight is 178 g/mol. The van der Waals surface area contributed by atoms with Gasteiger partial charge in [-0.2, -0.15) is 0 Å². The van der Waals surface area contributed by atoms with Gasteiger partial charge in [0.1, 0.15) is 5.69 Å². The molecular formula is C9H10N2O2. The summed E-state index contributed by atoms with van der Waals surface area (Å²) >= 11 is 0. The third kappa shape index (κ3) is 1.48. The van der Waals surface area contributed by atoms with Crippen LogP contribution in [-0.2, 0) is 6.54 Å². The van der Waals surface area contributed by atoms with E-state index in [-0.39, 0.29) is 0 Å². The molecule has 0 atom stereocenters. The quantitative estimate of drug-likeness (QED) is 0.776. The van der Waals surface area contributed by atoms with Crippen molar-refractivity contribution in [3.63, 3.8) is 0 Å². The molecule has 4 heteroatoms. The fraction of sp³-hybridized carbons (Fsp3) is 0.222. The third-order valence-electron chi connectivity index (χ3n) is 1.73. The Hall–Kier alpha value is -1.55. The highest BCUT2D eigenvalue weighted by Gasteiger charge is 2.11. The number of aromatic nitrogens is 1. The van der Waals surface area contributed by atoms with E-state index in [0.29, 0.717) is 18.1 Å². The molecule has 0 saturated heterocycles. The molecule has 0 aliphatic rings. The van der Waals surface area contributed by atoms with E-state index < -0.39 is 0 Å². The lowest BCUT2D eigenvalue weighted by molar-refractivity contribution is 0.518. The van der Waals surface area contributed by atoms with Crippen molar-refractivity contribution in [3.05, 3.63) is 30.5 Å². The summed E-state index contributed by atoms with van der Waals surface area (Å²) in [6, 6.07) is 3.67. The molecule has 0 aliphatic heterocycles. The SMILES string of the molecule is CNCc1ncoc1-c1ccco1. The lowest BCUT2D eigenvalue weighted by atomic mass is 10.3. The zero-order valence-corrected chi connectivity index (χ0v) is 7.28. The molecule has 2 aromatic heterocycles. The molecule has 0 saturated carbocycles. The second-order valence-electron chi connectivity index (χ2n) is 2.64. The summed E-state index contributed by atoms with van der Waals surface area (Å²) in [7, 11) is 1.86. The first-order valence-electron chi connectivity index (χ1n) is 4.02. The molecule has 1 N–H and O–H groups in total. The van der Waals surface area contributed by atoms with Crippen LogP contribution in [-0.4, -0.2) is 12.0 Å². The van der Waals surface area contributed by atoms with Crippen molar-refractivity contribution in [1.29, 1.82) is 0 Å².